The monoisotopic (exact) mass is 298 g/mol. The molecule has 0 amide bonds. The van der Waals surface area contributed by atoms with Gasteiger partial charge in [0.15, 0.2) is 5.96 Å². The Kier molecular flexibility index (Phi) is 11.2. The maximum atomic E-state index is 5.55. The summed E-state index contributed by atoms with van der Waals surface area (Å²) in [5.74, 6) is 0.911. The van der Waals surface area contributed by atoms with E-state index >= 15 is 0 Å². The molecule has 0 aromatic rings. The van der Waals surface area contributed by atoms with Crippen LogP contribution >= 0.6 is 0 Å². The fourth-order valence-corrected chi connectivity index (χ4v) is 2.42. The van der Waals surface area contributed by atoms with Gasteiger partial charge >= 0.3 is 0 Å². The Labute approximate surface area is 130 Å². The van der Waals surface area contributed by atoms with Crippen LogP contribution in [-0.4, -0.2) is 63.3 Å². The molecule has 0 saturated carbocycles. The van der Waals surface area contributed by atoms with Crippen molar-refractivity contribution >= 4 is 5.96 Å². The van der Waals surface area contributed by atoms with Gasteiger partial charge in [-0.1, -0.05) is 19.8 Å². The van der Waals surface area contributed by atoms with Crippen molar-refractivity contribution in [2.45, 2.75) is 46.0 Å². The van der Waals surface area contributed by atoms with E-state index in [1.54, 1.807) is 0 Å². The first-order chi connectivity index (χ1) is 10.4. The van der Waals surface area contributed by atoms with Crippen molar-refractivity contribution in [2.24, 2.45) is 4.99 Å². The molecule has 0 bridgehead atoms. The van der Waals surface area contributed by atoms with Crippen LogP contribution in [-0.2, 0) is 4.74 Å². The first-order valence-electron chi connectivity index (χ1n) is 8.69. The standard InChI is InChI=1S/C16H34N4O/c1-3-5-14-21-15-10-19-16(17-4-2)18-9-13-20-11-7-6-8-12-20/h3-15H2,1-2H3,(H2,17,18,19). The molecule has 1 fully saturated rings. The van der Waals surface area contributed by atoms with E-state index in [4.69, 9.17) is 4.74 Å². The van der Waals surface area contributed by atoms with Gasteiger partial charge in [0.05, 0.1) is 13.2 Å². The number of piperidine rings is 1. The van der Waals surface area contributed by atoms with Gasteiger partial charge in [0, 0.05) is 26.2 Å². The van der Waals surface area contributed by atoms with Crippen LogP contribution in [0.15, 0.2) is 4.99 Å². The van der Waals surface area contributed by atoms with Crippen molar-refractivity contribution in [3.8, 4) is 0 Å². The zero-order valence-corrected chi connectivity index (χ0v) is 14.0. The summed E-state index contributed by atoms with van der Waals surface area (Å²) in [6.07, 6.45) is 6.41. The lowest BCUT2D eigenvalue weighted by molar-refractivity contribution is 0.136. The molecular formula is C16H34N4O. The van der Waals surface area contributed by atoms with Gasteiger partial charge in [0.2, 0.25) is 0 Å². The first-order valence-corrected chi connectivity index (χ1v) is 8.69. The molecule has 1 aliphatic heterocycles. The highest BCUT2D eigenvalue weighted by Crippen LogP contribution is 2.07. The van der Waals surface area contributed by atoms with Crippen LogP contribution in [0.4, 0.5) is 0 Å². The largest absolute Gasteiger partial charge is 0.380 e. The quantitative estimate of drug-likeness (QED) is 0.367. The molecule has 1 heterocycles. The highest BCUT2D eigenvalue weighted by Gasteiger charge is 2.08. The fourth-order valence-electron chi connectivity index (χ4n) is 2.42. The van der Waals surface area contributed by atoms with E-state index in [2.05, 4.69) is 34.4 Å². The minimum atomic E-state index is 0.747. The molecule has 21 heavy (non-hydrogen) atoms. The number of unbranched alkanes of at least 4 members (excludes halogenated alkanes) is 1. The molecule has 0 spiro atoms. The molecule has 5 heteroatoms. The summed E-state index contributed by atoms with van der Waals surface area (Å²) in [6.45, 7) is 12.0. The summed E-state index contributed by atoms with van der Waals surface area (Å²) in [6, 6.07) is 0. The smallest absolute Gasteiger partial charge is 0.191 e. The van der Waals surface area contributed by atoms with Gasteiger partial charge in [-0.05, 0) is 39.3 Å². The number of likely N-dealkylation sites (tertiary alicyclic amines) is 1. The second kappa shape index (κ2) is 12.9. The van der Waals surface area contributed by atoms with Gasteiger partial charge in [0.1, 0.15) is 0 Å². The Hall–Kier alpha value is -0.810. The van der Waals surface area contributed by atoms with Crippen LogP contribution in [0.5, 0.6) is 0 Å². The molecule has 124 valence electrons. The summed E-state index contributed by atoms with van der Waals surface area (Å²) in [4.78, 5) is 7.16. The number of ether oxygens (including phenoxy) is 1. The van der Waals surface area contributed by atoms with Crippen LogP contribution in [0.2, 0.25) is 0 Å². The lowest BCUT2D eigenvalue weighted by Gasteiger charge is -2.25. The van der Waals surface area contributed by atoms with Crippen molar-refractivity contribution in [3.63, 3.8) is 0 Å². The van der Waals surface area contributed by atoms with E-state index in [1.165, 1.54) is 38.8 Å². The van der Waals surface area contributed by atoms with E-state index < -0.39 is 0 Å². The predicted octanol–water partition coefficient (Wildman–Crippen LogP) is 1.84. The van der Waals surface area contributed by atoms with Crippen LogP contribution in [0.3, 0.4) is 0 Å². The number of hydrogen-bond donors (Lipinski definition) is 2. The van der Waals surface area contributed by atoms with E-state index in [0.717, 1.165) is 51.8 Å². The molecule has 1 rings (SSSR count). The minimum absolute atomic E-state index is 0.747. The molecule has 0 radical (unpaired) electrons. The average Bonchev–Trinajstić information content (AvgIpc) is 2.51. The van der Waals surface area contributed by atoms with Gasteiger partial charge in [0.25, 0.3) is 0 Å². The van der Waals surface area contributed by atoms with Crippen LogP contribution in [0, 0.1) is 0 Å². The van der Waals surface area contributed by atoms with Gasteiger partial charge in [-0.15, -0.1) is 0 Å². The lowest BCUT2D eigenvalue weighted by Crippen LogP contribution is -2.40. The second-order valence-corrected chi connectivity index (χ2v) is 5.56. The maximum Gasteiger partial charge on any atom is 0.191 e. The Balaban J connectivity index is 2.13. The average molecular weight is 298 g/mol. The predicted molar refractivity (Wildman–Crippen MR) is 90.0 cm³/mol. The molecule has 0 aromatic carbocycles. The summed E-state index contributed by atoms with van der Waals surface area (Å²) < 4.78 is 5.55. The summed E-state index contributed by atoms with van der Waals surface area (Å²) in [5, 5.41) is 6.62. The van der Waals surface area contributed by atoms with Gasteiger partial charge in [-0.2, -0.15) is 0 Å². The summed E-state index contributed by atoms with van der Waals surface area (Å²) in [7, 11) is 0. The van der Waals surface area contributed by atoms with E-state index in [1.807, 2.05) is 0 Å². The third-order valence-corrected chi connectivity index (χ3v) is 3.66. The zero-order valence-electron chi connectivity index (χ0n) is 14.0. The van der Waals surface area contributed by atoms with E-state index in [0.29, 0.717) is 0 Å². The van der Waals surface area contributed by atoms with E-state index in [9.17, 15) is 0 Å². The summed E-state index contributed by atoms with van der Waals surface area (Å²) in [5.41, 5.74) is 0. The third-order valence-electron chi connectivity index (χ3n) is 3.66. The number of hydrogen-bond acceptors (Lipinski definition) is 3. The molecule has 5 nitrogen and oxygen atoms in total. The summed E-state index contributed by atoms with van der Waals surface area (Å²) >= 11 is 0. The zero-order chi connectivity index (χ0) is 15.2. The number of nitrogens with zero attached hydrogens (tertiary/aromatic N) is 2. The van der Waals surface area contributed by atoms with Crippen molar-refractivity contribution < 1.29 is 4.74 Å². The Morgan fingerprint density at radius 2 is 1.90 bits per heavy atom. The SMILES string of the molecule is CCCCOCCNC(=NCCN1CCCCC1)NCC. The van der Waals surface area contributed by atoms with Gasteiger partial charge in [-0.3, -0.25) is 4.99 Å². The molecular weight excluding hydrogens is 264 g/mol. The van der Waals surface area contributed by atoms with Gasteiger partial charge < -0.3 is 20.3 Å². The molecule has 1 aliphatic rings. The number of rotatable bonds is 10. The lowest BCUT2D eigenvalue weighted by atomic mass is 10.1. The third kappa shape index (κ3) is 9.69. The topological polar surface area (TPSA) is 48.9 Å². The van der Waals surface area contributed by atoms with E-state index in [-0.39, 0.29) is 0 Å². The van der Waals surface area contributed by atoms with Crippen LogP contribution in [0.1, 0.15) is 46.0 Å². The molecule has 0 unspecified atom stereocenters. The Morgan fingerprint density at radius 1 is 1.10 bits per heavy atom. The van der Waals surface area contributed by atoms with Crippen molar-refractivity contribution in [2.75, 3.05) is 52.5 Å². The second-order valence-electron chi connectivity index (χ2n) is 5.56. The molecule has 1 saturated heterocycles. The number of aliphatic imine (C=N–C) groups is 1. The normalized spacial score (nSPS) is 17.0. The number of guanidine groups is 1. The fraction of sp³-hybridized carbons (Fsp3) is 0.938. The molecule has 0 aromatic heterocycles. The highest BCUT2D eigenvalue weighted by atomic mass is 16.5. The number of nitrogens with one attached hydrogen (secondary N) is 2. The van der Waals surface area contributed by atoms with Crippen molar-refractivity contribution in [3.05, 3.63) is 0 Å². The maximum absolute atomic E-state index is 5.55. The van der Waals surface area contributed by atoms with Crippen molar-refractivity contribution in [1.82, 2.24) is 15.5 Å². The van der Waals surface area contributed by atoms with Crippen molar-refractivity contribution in [1.29, 1.82) is 0 Å². The highest BCUT2D eigenvalue weighted by molar-refractivity contribution is 5.79. The Morgan fingerprint density at radius 3 is 2.62 bits per heavy atom. The van der Waals surface area contributed by atoms with Gasteiger partial charge in [-0.25, -0.2) is 0 Å². The molecule has 2 N–H and O–H groups in total. The molecule has 0 atom stereocenters. The molecule has 0 aliphatic carbocycles. The van der Waals surface area contributed by atoms with Crippen LogP contribution in [0.25, 0.3) is 0 Å². The van der Waals surface area contributed by atoms with Crippen LogP contribution < -0.4 is 10.6 Å². The Bertz CT molecular complexity index is 265. The first kappa shape index (κ1) is 18.2. The minimum Gasteiger partial charge on any atom is -0.380 e.